The summed E-state index contributed by atoms with van der Waals surface area (Å²) >= 11 is 0. The van der Waals surface area contributed by atoms with E-state index >= 15 is 0 Å². The molecule has 2 aliphatic heterocycles. The Morgan fingerprint density at radius 3 is 2.20 bits per heavy atom. The number of nitrogens with two attached hydrogens (primary N) is 1. The van der Waals surface area contributed by atoms with E-state index in [9.17, 15) is 4.79 Å². The van der Waals surface area contributed by atoms with Crippen LogP contribution < -0.4 is 29.6 Å². The fourth-order valence-electron chi connectivity index (χ4n) is 2.76. The maximum atomic E-state index is 12.0. The SMILES string of the molecule is O=C(C[NH2+]Cc1ccc2c(c1)OCO2)NCc1ccc2c(c1)OCO2. The molecular weight excluding hydrogens is 324 g/mol. The van der Waals surface area contributed by atoms with Crippen LogP contribution in [0.15, 0.2) is 36.4 Å². The molecule has 2 aliphatic rings. The highest BCUT2D eigenvalue weighted by Crippen LogP contribution is 2.33. The van der Waals surface area contributed by atoms with Gasteiger partial charge in [-0.3, -0.25) is 4.79 Å². The van der Waals surface area contributed by atoms with Gasteiger partial charge in [-0.25, -0.2) is 0 Å². The lowest BCUT2D eigenvalue weighted by molar-refractivity contribution is -0.660. The summed E-state index contributed by atoms with van der Waals surface area (Å²) in [6.45, 7) is 2.05. The molecule has 0 fully saturated rings. The Morgan fingerprint density at radius 1 is 0.880 bits per heavy atom. The van der Waals surface area contributed by atoms with Crippen LogP contribution in [0.3, 0.4) is 0 Å². The van der Waals surface area contributed by atoms with Crippen molar-refractivity contribution in [3.63, 3.8) is 0 Å². The highest BCUT2D eigenvalue weighted by molar-refractivity contribution is 5.76. The number of fused-ring (bicyclic) bond motifs is 2. The summed E-state index contributed by atoms with van der Waals surface area (Å²) in [5, 5.41) is 4.86. The minimum Gasteiger partial charge on any atom is -0.454 e. The maximum absolute atomic E-state index is 12.0. The van der Waals surface area contributed by atoms with E-state index in [0.717, 1.165) is 34.1 Å². The van der Waals surface area contributed by atoms with Gasteiger partial charge in [0.1, 0.15) is 6.54 Å². The molecular formula is C18H19N2O5+. The third-order valence-electron chi connectivity index (χ3n) is 4.07. The molecule has 0 saturated heterocycles. The summed E-state index contributed by atoms with van der Waals surface area (Å²) < 4.78 is 21.2. The van der Waals surface area contributed by atoms with Crippen molar-refractivity contribution in [3.8, 4) is 23.0 Å². The minimum atomic E-state index is -0.0154. The predicted octanol–water partition coefficient (Wildman–Crippen LogP) is 0.524. The van der Waals surface area contributed by atoms with Crippen molar-refractivity contribution in [1.82, 2.24) is 5.32 Å². The second-order valence-electron chi connectivity index (χ2n) is 5.85. The van der Waals surface area contributed by atoms with Gasteiger partial charge in [0.25, 0.3) is 5.91 Å². The maximum Gasteiger partial charge on any atom is 0.275 e. The first-order valence-electron chi connectivity index (χ1n) is 8.13. The second kappa shape index (κ2) is 6.90. The standard InChI is InChI=1S/C18H18N2O5/c21-18(20-8-13-2-4-15-17(6-13)25-11-23-15)9-19-7-12-1-3-14-16(5-12)24-10-22-14/h1-6,19H,7-11H2,(H,20,21)/p+1. The van der Waals surface area contributed by atoms with Crippen LogP contribution in [0.25, 0.3) is 0 Å². The van der Waals surface area contributed by atoms with Crippen LogP contribution in [0.4, 0.5) is 0 Å². The van der Waals surface area contributed by atoms with Gasteiger partial charge in [-0.15, -0.1) is 0 Å². The Bertz CT molecular complexity index is 793. The Balaban J connectivity index is 1.21. The van der Waals surface area contributed by atoms with Crippen LogP contribution in [0.5, 0.6) is 23.0 Å². The van der Waals surface area contributed by atoms with Crippen LogP contribution in [-0.4, -0.2) is 26.0 Å². The molecule has 2 heterocycles. The van der Waals surface area contributed by atoms with Gasteiger partial charge in [-0.2, -0.15) is 0 Å². The van der Waals surface area contributed by atoms with Crippen LogP contribution in [0, 0.1) is 0 Å². The van der Waals surface area contributed by atoms with Crippen molar-refractivity contribution in [2.75, 3.05) is 20.1 Å². The van der Waals surface area contributed by atoms with E-state index in [4.69, 9.17) is 18.9 Å². The molecule has 0 saturated carbocycles. The Morgan fingerprint density at radius 2 is 1.48 bits per heavy atom. The summed E-state index contributed by atoms with van der Waals surface area (Å²) in [4.78, 5) is 12.0. The smallest absolute Gasteiger partial charge is 0.275 e. The van der Waals surface area contributed by atoms with Crippen molar-refractivity contribution in [1.29, 1.82) is 0 Å². The quantitative estimate of drug-likeness (QED) is 0.799. The molecule has 0 aromatic heterocycles. The molecule has 0 unspecified atom stereocenters. The van der Waals surface area contributed by atoms with Gasteiger partial charge in [-0.1, -0.05) is 6.07 Å². The van der Waals surface area contributed by atoms with E-state index in [1.807, 2.05) is 41.7 Å². The average molecular weight is 343 g/mol. The molecule has 0 spiro atoms. The number of rotatable bonds is 6. The average Bonchev–Trinajstić information content (AvgIpc) is 3.28. The van der Waals surface area contributed by atoms with E-state index in [1.54, 1.807) is 0 Å². The number of nitrogens with one attached hydrogen (secondary N) is 1. The topological polar surface area (TPSA) is 82.6 Å². The number of amides is 1. The van der Waals surface area contributed by atoms with E-state index < -0.39 is 0 Å². The Hall–Kier alpha value is -2.93. The lowest BCUT2D eigenvalue weighted by Crippen LogP contribution is -2.85. The first kappa shape index (κ1) is 15.6. The number of carbonyl (C=O) groups excluding carboxylic acids is 1. The van der Waals surface area contributed by atoms with E-state index in [0.29, 0.717) is 19.6 Å². The van der Waals surface area contributed by atoms with Crippen molar-refractivity contribution >= 4 is 5.91 Å². The molecule has 130 valence electrons. The summed E-state index contributed by atoms with van der Waals surface area (Å²) in [5.74, 6) is 2.98. The van der Waals surface area contributed by atoms with Gasteiger partial charge in [0.15, 0.2) is 29.5 Å². The molecule has 0 bridgehead atoms. The van der Waals surface area contributed by atoms with E-state index in [-0.39, 0.29) is 19.5 Å². The highest BCUT2D eigenvalue weighted by atomic mass is 16.7. The molecule has 3 N–H and O–H groups in total. The van der Waals surface area contributed by atoms with Gasteiger partial charge >= 0.3 is 0 Å². The monoisotopic (exact) mass is 343 g/mol. The number of hydrogen-bond donors (Lipinski definition) is 2. The molecule has 0 aliphatic carbocycles. The summed E-state index contributed by atoms with van der Waals surface area (Å²) in [6.07, 6.45) is 0. The third-order valence-corrected chi connectivity index (χ3v) is 4.07. The first-order chi connectivity index (χ1) is 12.3. The van der Waals surface area contributed by atoms with E-state index in [1.165, 1.54) is 0 Å². The van der Waals surface area contributed by atoms with Crippen LogP contribution in [0.2, 0.25) is 0 Å². The fourth-order valence-corrected chi connectivity index (χ4v) is 2.76. The molecule has 2 aromatic rings. The number of ether oxygens (including phenoxy) is 4. The summed E-state index contributed by atoms with van der Waals surface area (Å²) in [6, 6.07) is 11.5. The molecule has 7 nitrogen and oxygen atoms in total. The van der Waals surface area contributed by atoms with Crippen molar-refractivity contribution in [2.45, 2.75) is 13.1 Å². The largest absolute Gasteiger partial charge is 0.454 e. The summed E-state index contributed by atoms with van der Waals surface area (Å²) in [5.41, 5.74) is 2.07. The third kappa shape index (κ3) is 3.61. The molecule has 4 rings (SSSR count). The molecule has 1 amide bonds. The van der Waals surface area contributed by atoms with Crippen molar-refractivity contribution in [2.24, 2.45) is 0 Å². The van der Waals surface area contributed by atoms with Gasteiger partial charge in [-0.05, 0) is 35.9 Å². The summed E-state index contributed by atoms with van der Waals surface area (Å²) in [7, 11) is 0. The highest BCUT2D eigenvalue weighted by Gasteiger charge is 2.15. The first-order valence-corrected chi connectivity index (χ1v) is 8.13. The van der Waals surface area contributed by atoms with Crippen molar-refractivity contribution in [3.05, 3.63) is 47.5 Å². The molecule has 2 aromatic carbocycles. The second-order valence-corrected chi connectivity index (χ2v) is 5.85. The van der Waals surface area contributed by atoms with Crippen molar-refractivity contribution < 1.29 is 29.1 Å². The number of carbonyl (C=O) groups is 1. The van der Waals surface area contributed by atoms with Crippen LogP contribution >= 0.6 is 0 Å². The Labute approximate surface area is 144 Å². The van der Waals surface area contributed by atoms with E-state index in [2.05, 4.69) is 5.32 Å². The van der Waals surface area contributed by atoms with Gasteiger partial charge in [0.05, 0.1) is 0 Å². The van der Waals surface area contributed by atoms with Gasteiger partial charge < -0.3 is 29.6 Å². The fraction of sp³-hybridized carbons (Fsp3) is 0.278. The zero-order valence-corrected chi connectivity index (χ0v) is 13.6. The number of benzene rings is 2. The van der Waals surface area contributed by atoms with Crippen LogP contribution in [0.1, 0.15) is 11.1 Å². The zero-order valence-electron chi connectivity index (χ0n) is 13.6. The van der Waals surface area contributed by atoms with Gasteiger partial charge in [0, 0.05) is 12.1 Å². The lowest BCUT2D eigenvalue weighted by Gasteiger charge is -2.06. The van der Waals surface area contributed by atoms with Crippen LogP contribution in [-0.2, 0) is 17.9 Å². The molecule has 0 radical (unpaired) electrons. The number of hydrogen-bond acceptors (Lipinski definition) is 5. The molecule has 7 heteroatoms. The molecule has 0 atom stereocenters. The predicted molar refractivity (Wildman–Crippen MR) is 87.5 cm³/mol. The number of quaternary nitrogens is 1. The van der Waals surface area contributed by atoms with Gasteiger partial charge in [0.2, 0.25) is 13.6 Å². The minimum absolute atomic E-state index is 0.0154. The Kier molecular flexibility index (Phi) is 4.30. The molecule has 25 heavy (non-hydrogen) atoms. The lowest BCUT2D eigenvalue weighted by atomic mass is 10.2. The normalized spacial score (nSPS) is 13.8. The zero-order chi connectivity index (χ0) is 17.1.